The van der Waals surface area contributed by atoms with Gasteiger partial charge in [-0.3, -0.25) is 9.10 Å². The van der Waals surface area contributed by atoms with Crippen molar-refractivity contribution < 1.29 is 13.2 Å². The average Bonchev–Trinajstić information content (AvgIpc) is 2.46. The molecule has 0 spiro atoms. The molecule has 134 valence electrons. The molecule has 0 fully saturated rings. The summed E-state index contributed by atoms with van der Waals surface area (Å²) in [5.74, 6) is -0.381. The van der Waals surface area contributed by atoms with Crippen LogP contribution in [0.1, 0.15) is 22.3 Å². The maximum absolute atomic E-state index is 12.4. The molecule has 0 saturated carbocycles. The Bertz CT molecular complexity index is 864. The lowest BCUT2D eigenvalue weighted by Gasteiger charge is -2.26. The first kappa shape index (κ1) is 19.0. The number of anilines is 2. The minimum absolute atomic E-state index is 0.266. The number of benzene rings is 2. The van der Waals surface area contributed by atoms with Crippen LogP contribution in [-0.4, -0.2) is 27.1 Å². The van der Waals surface area contributed by atoms with Gasteiger partial charge in [0.15, 0.2) is 0 Å². The van der Waals surface area contributed by atoms with E-state index in [-0.39, 0.29) is 12.5 Å². The maximum atomic E-state index is 12.4. The van der Waals surface area contributed by atoms with E-state index in [9.17, 15) is 13.2 Å². The molecule has 2 aromatic carbocycles. The summed E-state index contributed by atoms with van der Waals surface area (Å²) in [6, 6.07) is 11.2. The first-order valence-corrected chi connectivity index (χ1v) is 9.85. The lowest BCUT2D eigenvalue weighted by Crippen LogP contribution is -2.38. The minimum atomic E-state index is -3.60. The summed E-state index contributed by atoms with van der Waals surface area (Å²) in [6.07, 6.45) is 1.12. The maximum Gasteiger partial charge on any atom is 0.245 e. The number of nitrogens with zero attached hydrogens (tertiary/aromatic N) is 1. The fourth-order valence-corrected chi connectivity index (χ4v) is 3.87. The van der Waals surface area contributed by atoms with E-state index in [4.69, 9.17) is 0 Å². The lowest BCUT2D eigenvalue weighted by atomic mass is 10.1. The van der Waals surface area contributed by atoms with Crippen molar-refractivity contribution >= 4 is 27.3 Å². The first-order chi connectivity index (χ1) is 11.6. The molecule has 1 amide bonds. The summed E-state index contributed by atoms with van der Waals surface area (Å²) in [7, 11) is -3.60. The summed E-state index contributed by atoms with van der Waals surface area (Å²) in [4.78, 5) is 12.4. The summed E-state index contributed by atoms with van der Waals surface area (Å²) < 4.78 is 25.8. The van der Waals surface area contributed by atoms with Crippen molar-refractivity contribution in [3.63, 3.8) is 0 Å². The van der Waals surface area contributed by atoms with Crippen molar-refractivity contribution in [1.82, 2.24) is 0 Å². The van der Waals surface area contributed by atoms with Gasteiger partial charge in [0, 0.05) is 5.69 Å². The van der Waals surface area contributed by atoms with Crippen LogP contribution in [0.3, 0.4) is 0 Å². The normalized spacial score (nSPS) is 11.2. The van der Waals surface area contributed by atoms with E-state index in [1.165, 1.54) is 4.31 Å². The van der Waals surface area contributed by atoms with Gasteiger partial charge in [0.2, 0.25) is 15.9 Å². The second-order valence-electron chi connectivity index (χ2n) is 6.43. The van der Waals surface area contributed by atoms with Gasteiger partial charge in [-0.1, -0.05) is 35.4 Å². The van der Waals surface area contributed by atoms with Gasteiger partial charge < -0.3 is 5.32 Å². The highest BCUT2D eigenvalue weighted by molar-refractivity contribution is 7.92. The molecule has 2 aromatic rings. The van der Waals surface area contributed by atoms with Crippen LogP contribution in [0.15, 0.2) is 36.4 Å². The van der Waals surface area contributed by atoms with Gasteiger partial charge in [-0.25, -0.2) is 8.42 Å². The lowest BCUT2D eigenvalue weighted by molar-refractivity contribution is -0.114. The molecule has 1 N–H and O–H groups in total. The number of nitrogens with one attached hydrogen (secondary N) is 1. The number of aryl methyl sites for hydroxylation is 4. The summed E-state index contributed by atoms with van der Waals surface area (Å²) >= 11 is 0. The summed E-state index contributed by atoms with van der Waals surface area (Å²) in [6.45, 7) is 7.35. The van der Waals surface area contributed by atoms with Crippen molar-refractivity contribution in [2.24, 2.45) is 0 Å². The molecule has 0 aliphatic heterocycles. The van der Waals surface area contributed by atoms with Crippen LogP contribution in [0.4, 0.5) is 11.4 Å². The molecule has 0 aliphatic rings. The summed E-state index contributed by atoms with van der Waals surface area (Å²) in [5, 5.41) is 2.75. The highest BCUT2D eigenvalue weighted by Gasteiger charge is 2.24. The third kappa shape index (κ3) is 4.82. The van der Waals surface area contributed by atoms with Crippen molar-refractivity contribution in [3.05, 3.63) is 58.7 Å². The third-order valence-electron chi connectivity index (χ3n) is 3.91. The molecule has 0 aromatic heterocycles. The molecule has 0 heterocycles. The number of hydrogen-bond acceptors (Lipinski definition) is 3. The Morgan fingerprint density at radius 2 is 1.48 bits per heavy atom. The average molecular weight is 360 g/mol. The van der Waals surface area contributed by atoms with Gasteiger partial charge in [-0.2, -0.15) is 0 Å². The SMILES string of the molecule is Cc1ccc(NC(=O)CN(c2c(C)cc(C)cc2C)S(C)(=O)=O)cc1. The number of amides is 1. The van der Waals surface area contributed by atoms with Crippen LogP contribution in [0.25, 0.3) is 0 Å². The fourth-order valence-electron chi connectivity index (χ4n) is 2.90. The molecule has 0 aliphatic carbocycles. The van der Waals surface area contributed by atoms with Crippen LogP contribution < -0.4 is 9.62 Å². The molecule has 0 bridgehead atoms. The zero-order valence-electron chi connectivity index (χ0n) is 15.3. The van der Waals surface area contributed by atoms with Gasteiger partial charge in [-0.05, 0) is 51.0 Å². The van der Waals surface area contributed by atoms with Crippen LogP contribution in [0.2, 0.25) is 0 Å². The number of sulfonamides is 1. The van der Waals surface area contributed by atoms with Crippen molar-refractivity contribution in [3.8, 4) is 0 Å². The van der Waals surface area contributed by atoms with E-state index in [1.807, 2.05) is 52.0 Å². The fraction of sp³-hybridized carbons (Fsp3) is 0.316. The van der Waals surface area contributed by atoms with Crippen LogP contribution in [0, 0.1) is 27.7 Å². The predicted molar refractivity (Wildman–Crippen MR) is 103 cm³/mol. The van der Waals surface area contributed by atoms with E-state index < -0.39 is 10.0 Å². The Balaban J connectivity index is 2.31. The van der Waals surface area contributed by atoms with E-state index >= 15 is 0 Å². The molecule has 0 saturated heterocycles. The van der Waals surface area contributed by atoms with Crippen LogP contribution in [0.5, 0.6) is 0 Å². The molecule has 0 radical (unpaired) electrons. The molecule has 0 atom stereocenters. The molecular formula is C19H24N2O3S. The Morgan fingerprint density at radius 3 is 1.96 bits per heavy atom. The van der Waals surface area contributed by atoms with E-state index in [0.717, 1.165) is 28.5 Å². The number of carbonyl (C=O) groups is 1. The van der Waals surface area contributed by atoms with Crippen molar-refractivity contribution in [2.45, 2.75) is 27.7 Å². The third-order valence-corrected chi connectivity index (χ3v) is 5.02. The van der Waals surface area contributed by atoms with Gasteiger partial charge >= 0.3 is 0 Å². The Hall–Kier alpha value is -2.34. The second-order valence-corrected chi connectivity index (χ2v) is 8.34. The predicted octanol–water partition coefficient (Wildman–Crippen LogP) is 3.32. The molecule has 25 heavy (non-hydrogen) atoms. The van der Waals surface area contributed by atoms with Crippen molar-refractivity contribution in [2.75, 3.05) is 22.4 Å². The second kappa shape index (κ2) is 7.27. The highest BCUT2D eigenvalue weighted by Crippen LogP contribution is 2.28. The molecule has 0 unspecified atom stereocenters. The summed E-state index contributed by atoms with van der Waals surface area (Å²) in [5.41, 5.74) is 4.99. The molecular weight excluding hydrogens is 336 g/mol. The van der Waals surface area contributed by atoms with Gasteiger partial charge in [0.1, 0.15) is 6.54 Å². The Morgan fingerprint density at radius 1 is 0.960 bits per heavy atom. The first-order valence-electron chi connectivity index (χ1n) is 8.00. The largest absolute Gasteiger partial charge is 0.325 e. The Kier molecular flexibility index (Phi) is 5.52. The van der Waals surface area contributed by atoms with Crippen LogP contribution >= 0.6 is 0 Å². The smallest absolute Gasteiger partial charge is 0.245 e. The van der Waals surface area contributed by atoms with Crippen molar-refractivity contribution in [1.29, 1.82) is 0 Å². The molecule has 2 rings (SSSR count). The monoisotopic (exact) mass is 360 g/mol. The van der Waals surface area contributed by atoms with E-state index in [1.54, 1.807) is 12.1 Å². The van der Waals surface area contributed by atoms with E-state index in [2.05, 4.69) is 5.32 Å². The standard InChI is InChI=1S/C19H24N2O3S/c1-13-6-8-17(9-7-13)20-18(22)12-21(25(5,23)24)19-15(3)10-14(2)11-16(19)4/h6-11H,12H2,1-5H3,(H,20,22). The van der Waals surface area contributed by atoms with Gasteiger partial charge in [0.25, 0.3) is 0 Å². The molecule has 5 nitrogen and oxygen atoms in total. The van der Waals surface area contributed by atoms with Crippen LogP contribution in [-0.2, 0) is 14.8 Å². The number of rotatable bonds is 5. The van der Waals surface area contributed by atoms with Gasteiger partial charge in [-0.15, -0.1) is 0 Å². The zero-order chi connectivity index (χ0) is 18.8. The number of hydrogen-bond donors (Lipinski definition) is 1. The zero-order valence-corrected chi connectivity index (χ0v) is 16.1. The van der Waals surface area contributed by atoms with E-state index in [0.29, 0.717) is 11.4 Å². The Labute approximate surface area is 149 Å². The minimum Gasteiger partial charge on any atom is -0.325 e. The highest BCUT2D eigenvalue weighted by atomic mass is 32.2. The van der Waals surface area contributed by atoms with Gasteiger partial charge in [0.05, 0.1) is 11.9 Å². The molecule has 6 heteroatoms. The quantitative estimate of drug-likeness (QED) is 0.889. The topological polar surface area (TPSA) is 66.5 Å². The number of carbonyl (C=O) groups excluding carboxylic acids is 1.